The Morgan fingerprint density at radius 2 is 2.14 bits per heavy atom. The first-order chi connectivity index (χ1) is 10.4. The van der Waals surface area contributed by atoms with Gasteiger partial charge in [0.2, 0.25) is 0 Å². The molecule has 22 heavy (non-hydrogen) atoms. The van der Waals surface area contributed by atoms with Crippen molar-refractivity contribution < 1.29 is 8.42 Å². The van der Waals surface area contributed by atoms with Gasteiger partial charge in [0.15, 0.2) is 5.96 Å². The van der Waals surface area contributed by atoms with Gasteiger partial charge in [-0.3, -0.25) is 4.99 Å². The standard InChI is InChI=1S/C16H25N3O2S/c1-13-6-4-5-7-15(13)14-8-10-19(12-14)16(17-2)18-9-11-22(3,20)21/h4-7,14H,8-12H2,1-3H3,(H,17,18). The smallest absolute Gasteiger partial charge is 0.193 e. The molecule has 0 saturated carbocycles. The summed E-state index contributed by atoms with van der Waals surface area (Å²) in [4.78, 5) is 6.48. The third-order valence-electron chi connectivity index (χ3n) is 4.08. The van der Waals surface area contributed by atoms with E-state index in [4.69, 9.17) is 0 Å². The Kier molecular flexibility index (Phi) is 5.45. The van der Waals surface area contributed by atoms with E-state index in [1.54, 1.807) is 7.05 Å². The van der Waals surface area contributed by atoms with E-state index in [1.807, 2.05) is 0 Å². The molecule has 1 saturated heterocycles. The lowest BCUT2D eigenvalue weighted by Gasteiger charge is -2.22. The summed E-state index contributed by atoms with van der Waals surface area (Å²) in [5, 5.41) is 3.15. The molecule has 0 aromatic heterocycles. The van der Waals surface area contributed by atoms with Crippen LogP contribution >= 0.6 is 0 Å². The summed E-state index contributed by atoms with van der Waals surface area (Å²) in [7, 11) is -1.21. The third-order valence-corrected chi connectivity index (χ3v) is 5.03. The van der Waals surface area contributed by atoms with Crippen molar-refractivity contribution in [2.24, 2.45) is 4.99 Å². The maximum absolute atomic E-state index is 11.2. The van der Waals surface area contributed by atoms with Crippen molar-refractivity contribution in [2.45, 2.75) is 19.3 Å². The first kappa shape index (κ1) is 16.8. The predicted octanol–water partition coefficient (Wildman–Crippen LogP) is 1.40. The average molecular weight is 323 g/mol. The number of nitrogens with one attached hydrogen (secondary N) is 1. The largest absolute Gasteiger partial charge is 0.355 e. The second-order valence-electron chi connectivity index (χ2n) is 5.89. The number of nitrogens with zero attached hydrogens (tertiary/aromatic N) is 2. The average Bonchev–Trinajstić information content (AvgIpc) is 2.92. The highest BCUT2D eigenvalue weighted by Gasteiger charge is 2.26. The molecule has 1 aliphatic rings. The Hall–Kier alpha value is -1.56. The lowest BCUT2D eigenvalue weighted by molar-refractivity contribution is 0.488. The molecular formula is C16H25N3O2S. The number of hydrogen-bond acceptors (Lipinski definition) is 3. The van der Waals surface area contributed by atoms with E-state index in [2.05, 4.69) is 46.4 Å². The Labute approximate surface area is 133 Å². The molecule has 0 radical (unpaired) electrons. The van der Waals surface area contributed by atoms with Crippen LogP contribution in [0.15, 0.2) is 29.3 Å². The van der Waals surface area contributed by atoms with Crippen molar-refractivity contribution in [3.63, 3.8) is 0 Å². The normalized spacial score (nSPS) is 19.5. The van der Waals surface area contributed by atoms with Gasteiger partial charge in [0.1, 0.15) is 9.84 Å². The van der Waals surface area contributed by atoms with Gasteiger partial charge >= 0.3 is 0 Å². The van der Waals surface area contributed by atoms with Gasteiger partial charge in [-0.1, -0.05) is 24.3 Å². The molecule has 1 unspecified atom stereocenters. The highest BCUT2D eigenvalue weighted by atomic mass is 32.2. The van der Waals surface area contributed by atoms with Gasteiger partial charge in [0, 0.05) is 38.9 Å². The van der Waals surface area contributed by atoms with Crippen LogP contribution in [0.5, 0.6) is 0 Å². The summed E-state index contributed by atoms with van der Waals surface area (Å²) >= 11 is 0. The molecule has 0 aliphatic carbocycles. The predicted molar refractivity (Wildman–Crippen MR) is 91.2 cm³/mol. The van der Waals surface area contributed by atoms with E-state index in [0.29, 0.717) is 12.5 Å². The van der Waals surface area contributed by atoms with Crippen molar-refractivity contribution in [3.8, 4) is 0 Å². The topological polar surface area (TPSA) is 61.8 Å². The van der Waals surface area contributed by atoms with Crippen LogP contribution in [0.1, 0.15) is 23.5 Å². The highest BCUT2D eigenvalue weighted by molar-refractivity contribution is 7.90. The fraction of sp³-hybridized carbons (Fsp3) is 0.562. The van der Waals surface area contributed by atoms with Crippen LogP contribution in [-0.4, -0.2) is 58.0 Å². The molecule has 6 heteroatoms. The molecule has 0 amide bonds. The van der Waals surface area contributed by atoms with Gasteiger partial charge in [-0.05, 0) is 24.5 Å². The number of benzene rings is 1. The molecule has 1 aromatic rings. The van der Waals surface area contributed by atoms with Gasteiger partial charge in [-0.15, -0.1) is 0 Å². The lowest BCUT2D eigenvalue weighted by atomic mass is 9.94. The first-order valence-electron chi connectivity index (χ1n) is 7.59. The zero-order valence-electron chi connectivity index (χ0n) is 13.5. The minimum Gasteiger partial charge on any atom is -0.355 e. The van der Waals surface area contributed by atoms with E-state index >= 15 is 0 Å². The number of aryl methyl sites for hydroxylation is 1. The molecule has 0 bridgehead atoms. The van der Waals surface area contributed by atoms with Gasteiger partial charge in [0.25, 0.3) is 0 Å². The van der Waals surface area contributed by atoms with E-state index in [1.165, 1.54) is 17.4 Å². The number of sulfone groups is 1. The fourth-order valence-electron chi connectivity index (χ4n) is 2.93. The molecular weight excluding hydrogens is 298 g/mol. The second kappa shape index (κ2) is 7.13. The number of aliphatic imine (C=N–C) groups is 1. The molecule has 122 valence electrons. The van der Waals surface area contributed by atoms with Gasteiger partial charge in [-0.2, -0.15) is 0 Å². The van der Waals surface area contributed by atoms with Crippen molar-refractivity contribution in [1.29, 1.82) is 0 Å². The Bertz CT molecular complexity index is 641. The minimum atomic E-state index is -2.95. The summed E-state index contributed by atoms with van der Waals surface area (Å²) in [6.45, 7) is 4.41. The Morgan fingerprint density at radius 1 is 1.41 bits per heavy atom. The van der Waals surface area contributed by atoms with Crippen molar-refractivity contribution in [3.05, 3.63) is 35.4 Å². The summed E-state index contributed by atoms with van der Waals surface area (Å²) in [5.41, 5.74) is 2.73. The third kappa shape index (κ3) is 4.47. The molecule has 1 aromatic carbocycles. The van der Waals surface area contributed by atoms with Gasteiger partial charge in [0.05, 0.1) is 5.75 Å². The number of hydrogen-bond donors (Lipinski definition) is 1. The highest BCUT2D eigenvalue weighted by Crippen LogP contribution is 2.29. The van der Waals surface area contributed by atoms with Gasteiger partial charge in [-0.25, -0.2) is 8.42 Å². The molecule has 1 atom stereocenters. The molecule has 5 nitrogen and oxygen atoms in total. The van der Waals surface area contributed by atoms with Gasteiger partial charge < -0.3 is 10.2 Å². The van der Waals surface area contributed by atoms with E-state index in [9.17, 15) is 8.42 Å². The van der Waals surface area contributed by atoms with Crippen molar-refractivity contribution >= 4 is 15.8 Å². The first-order valence-corrected chi connectivity index (χ1v) is 9.65. The van der Waals surface area contributed by atoms with E-state index in [0.717, 1.165) is 25.5 Å². The summed E-state index contributed by atoms with van der Waals surface area (Å²) in [5.74, 6) is 1.43. The summed E-state index contributed by atoms with van der Waals surface area (Å²) in [6, 6.07) is 8.50. The number of likely N-dealkylation sites (tertiary alicyclic amines) is 1. The zero-order valence-corrected chi connectivity index (χ0v) is 14.4. The fourth-order valence-corrected chi connectivity index (χ4v) is 3.40. The monoisotopic (exact) mass is 323 g/mol. The quantitative estimate of drug-likeness (QED) is 0.672. The van der Waals surface area contributed by atoms with Crippen LogP contribution in [-0.2, 0) is 9.84 Å². The van der Waals surface area contributed by atoms with Crippen molar-refractivity contribution in [2.75, 3.05) is 38.7 Å². The lowest BCUT2D eigenvalue weighted by Crippen LogP contribution is -2.41. The maximum Gasteiger partial charge on any atom is 0.193 e. The molecule has 1 aliphatic heterocycles. The van der Waals surface area contributed by atoms with Crippen LogP contribution in [0, 0.1) is 6.92 Å². The van der Waals surface area contributed by atoms with Crippen LogP contribution in [0.3, 0.4) is 0 Å². The molecule has 2 rings (SSSR count). The van der Waals surface area contributed by atoms with E-state index in [-0.39, 0.29) is 5.75 Å². The SMILES string of the molecule is CN=C(NCCS(C)(=O)=O)N1CCC(c2ccccc2C)C1. The van der Waals surface area contributed by atoms with Crippen LogP contribution in [0.25, 0.3) is 0 Å². The van der Waals surface area contributed by atoms with E-state index < -0.39 is 9.84 Å². The number of rotatable bonds is 4. The Balaban J connectivity index is 1.95. The molecule has 1 N–H and O–H groups in total. The molecule has 1 fully saturated rings. The maximum atomic E-state index is 11.2. The zero-order chi connectivity index (χ0) is 16.2. The number of guanidine groups is 1. The van der Waals surface area contributed by atoms with Crippen LogP contribution in [0.4, 0.5) is 0 Å². The summed E-state index contributed by atoms with van der Waals surface area (Å²) in [6.07, 6.45) is 2.35. The Morgan fingerprint density at radius 3 is 2.77 bits per heavy atom. The second-order valence-corrected chi connectivity index (χ2v) is 8.15. The van der Waals surface area contributed by atoms with Crippen LogP contribution < -0.4 is 5.32 Å². The minimum absolute atomic E-state index is 0.126. The van der Waals surface area contributed by atoms with Crippen LogP contribution in [0.2, 0.25) is 0 Å². The molecule has 0 spiro atoms. The summed E-state index contributed by atoms with van der Waals surface area (Å²) < 4.78 is 22.4. The van der Waals surface area contributed by atoms with Crippen molar-refractivity contribution in [1.82, 2.24) is 10.2 Å². The molecule has 1 heterocycles.